The molecule has 1 aliphatic rings. The van der Waals surface area contributed by atoms with Gasteiger partial charge in [0.2, 0.25) is 0 Å². The van der Waals surface area contributed by atoms with Crippen LogP contribution in [0.1, 0.15) is 32.6 Å². The maximum atomic E-state index is 9.45. The molecule has 1 saturated carbocycles. The molecule has 1 fully saturated rings. The van der Waals surface area contributed by atoms with E-state index in [1.165, 1.54) is 12.8 Å². The number of hydrogen-bond acceptors (Lipinski definition) is 2. The third kappa shape index (κ3) is 3.21. The smallest absolute Gasteiger partial charge is 0.0568 e. The third-order valence-electron chi connectivity index (χ3n) is 2.43. The Bertz CT molecular complexity index is 110. The van der Waals surface area contributed by atoms with Crippen molar-refractivity contribution in [1.82, 2.24) is 0 Å². The largest absolute Gasteiger partial charge is 0.396 e. The molecule has 1 rings (SSSR count). The zero-order valence-electron chi connectivity index (χ0n) is 7.16. The molecular weight excluding hydrogens is 140 g/mol. The molecule has 2 N–H and O–H groups in total. The molecule has 2 unspecified atom stereocenters. The lowest BCUT2D eigenvalue weighted by molar-refractivity contribution is 0.125. The van der Waals surface area contributed by atoms with Crippen LogP contribution >= 0.6 is 0 Å². The fourth-order valence-electron chi connectivity index (χ4n) is 1.26. The maximum Gasteiger partial charge on any atom is 0.0568 e. The second-order valence-electron chi connectivity index (χ2n) is 3.77. The molecule has 0 bridgehead atoms. The van der Waals surface area contributed by atoms with Gasteiger partial charge in [0.1, 0.15) is 0 Å². The predicted molar refractivity (Wildman–Crippen MR) is 44.2 cm³/mol. The summed E-state index contributed by atoms with van der Waals surface area (Å²) >= 11 is 0. The molecule has 2 atom stereocenters. The number of rotatable bonds is 5. The van der Waals surface area contributed by atoms with Crippen molar-refractivity contribution < 1.29 is 10.2 Å². The zero-order chi connectivity index (χ0) is 8.27. The topological polar surface area (TPSA) is 40.5 Å². The van der Waals surface area contributed by atoms with Crippen LogP contribution in [-0.4, -0.2) is 22.9 Å². The lowest BCUT2D eigenvalue weighted by atomic mass is 10.0. The molecular formula is C9H18O2. The molecule has 0 radical (unpaired) electrons. The van der Waals surface area contributed by atoms with Crippen molar-refractivity contribution in [2.45, 2.75) is 38.7 Å². The molecule has 2 heteroatoms. The van der Waals surface area contributed by atoms with Crippen molar-refractivity contribution >= 4 is 0 Å². The van der Waals surface area contributed by atoms with Gasteiger partial charge in [-0.05, 0) is 37.5 Å². The van der Waals surface area contributed by atoms with Crippen molar-refractivity contribution in [3.63, 3.8) is 0 Å². The Morgan fingerprint density at radius 3 is 2.45 bits per heavy atom. The van der Waals surface area contributed by atoms with Gasteiger partial charge >= 0.3 is 0 Å². The molecule has 0 aromatic rings. The Morgan fingerprint density at radius 2 is 2.00 bits per heavy atom. The average molecular weight is 158 g/mol. The van der Waals surface area contributed by atoms with E-state index in [0.717, 1.165) is 12.8 Å². The molecule has 0 amide bonds. The van der Waals surface area contributed by atoms with Gasteiger partial charge in [0.15, 0.2) is 0 Å². The fourth-order valence-corrected chi connectivity index (χ4v) is 1.26. The van der Waals surface area contributed by atoms with Crippen LogP contribution < -0.4 is 0 Å². The van der Waals surface area contributed by atoms with E-state index in [4.69, 9.17) is 5.11 Å². The molecule has 0 aromatic carbocycles. The first kappa shape index (κ1) is 9.01. The van der Waals surface area contributed by atoms with E-state index < -0.39 is 0 Å². The molecule has 66 valence electrons. The van der Waals surface area contributed by atoms with Gasteiger partial charge in [-0.15, -0.1) is 0 Å². The maximum absolute atomic E-state index is 9.45. The highest BCUT2D eigenvalue weighted by molar-refractivity contribution is 4.80. The Morgan fingerprint density at radius 1 is 1.36 bits per heavy atom. The summed E-state index contributed by atoms with van der Waals surface area (Å²) in [6, 6.07) is 0. The van der Waals surface area contributed by atoms with Crippen LogP contribution in [0.2, 0.25) is 0 Å². The highest BCUT2D eigenvalue weighted by Gasteiger charge is 2.29. The van der Waals surface area contributed by atoms with Crippen LogP contribution in [0.3, 0.4) is 0 Å². The van der Waals surface area contributed by atoms with Crippen LogP contribution in [0.4, 0.5) is 0 Å². The summed E-state index contributed by atoms with van der Waals surface area (Å²) in [4.78, 5) is 0. The van der Waals surface area contributed by atoms with Crippen molar-refractivity contribution in [1.29, 1.82) is 0 Å². The molecule has 11 heavy (non-hydrogen) atoms. The minimum Gasteiger partial charge on any atom is -0.396 e. The van der Waals surface area contributed by atoms with Crippen LogP contribution in [-0.2, 0) is 0 Å². The standard InChI is InChI=1S/C9H18O2/c1-7(6-10)2-5-9(11)8-3-4-8/h7-11H,2-6H2,1H3. The van der Waals surface area contributed by atoms with Crippen molar-refractivity contribution in [2.75, 3.05) is 6.61 Å². The number of aliphatic hydroxyl groups excluding tert-OH is 2. The van der Waals surface area contributed by atoms with Crippen molar-refractivity contribution in [2.24, 2.45) is 11.8 Å². The first-order valence-electron chi connectivity index (χ1n) is 4.53. The Hall–Kier alpha value is -0.0800. The van der Waals surface area contributed by atoms with E-state index in [1.807, 2.05) is 6.92 Å². The SMILES string of the molecule is CC(CO)CCC(O)C1CC1. The monoisotopic (exact) mass is 158 g/mol. The number of aliphatic hydroxyl groups is 2. The quantitative estimate of drug-likeness (QED) is 0.630. The van der Waals surface area contributed by atoms with Gasteiger partial charge in [0.05, 0.1) is 6.10 Å². The highest BCUT2D eigenvalue weighted by Crippen LogP contribution is 2.34. The summed E-state index contributed by atoms with van der Waals surface area (Å²) in [6.45, 7) is 2.26. The van der Waals surface area contributed by atoms with Crippen LogP contribution in [0.25, 0.3) is 0 Å². The molecule has 0 aromatic heterocycles. The minimum absolute atomic E-state index is 0.0935. The Balaban J connectivity index is 2.00. The summed E-state index contributed by atoms with van der Waals surface area (Å²) in [6.07, 6.45) is 4.13. The van der Waals surface area contributed by atoms with Crippen molar-refractivity contribution in [3.05, 3.63) is 0 Å². The highest BCUT2D eigenvalue weighted by atomic mass is 16.3. The van der Waals surface area contributed by atoms with Crippen LogP contribution in [0, 0.1) is 11.8 Å². The average Bonchev–Trinajstić information content (AvgIpc) is 2.81. The molecule has 2 nitrogen and oxygen atoms in total. The van der Waals surface area contributed by atoms with Gasteiger partial charge < -0.3 is 10.2 Å². The van der Waals surface area contributed by atoms with Gasteiger partial charge in [-0.2, -0.15) is 0 Å². The molecule has 1 aliphatic carbocycles. The predicted octanol–water partition coefficient (Wildman–Crippen LogP) is 1.17. The molecule has 0 aliphatic heterocycles. The van der Waals surface area contributed by atoms with Gasteiger partial charge in [0, 0.05) is 6.61 Å². The van der Waals surface area contributed by atoms with Gasteiger partial charge in [-0.25, -0.2) is 0 Å². The van der Waals surface area contributed by atoms with E-state index in [9.17, 15) is 5.11 Å². The fraction of sp³-hybridized carbons (Fsp3) is 1.00. The summed E-state index contributed by atoms with van der Waals surface area (Å²) in [5.41, 5.74) is 0. The van der Waals surface area contributed by atoms with E-state index in [0.29, 0.717) is 11.8 Å². The lowest BCUT2D eigenvalue weighted by Gasteiger charge is -2.11. The van der Waals surface area contributed by atoms with E-state index in [-0.39, 0.29) is 12.7 Å². The van der Waals surface area contributed by atoms with Crippen molar-refractivity contribution in [3.8, 4) is 0 Å². The Labute approximate surface area is 68.2 Å². The summed E-state index contributed by atoms with van der Waals surface area (Å²) in [7, 11) is 0. The normalized spacial score (nSPS) is 23.2. The van der Waals surface area contributed by atoms with E-state index in [2.05, 4.69) is 0 Å². The van der Waals surface area contributed by atoms with Gasteiger partial charge in [-0.1, -0.05) is 6.92 Å². The molecule has 0 spiro atoms. The van der Waals surface area contributed by atoms with E-state index >= 15 is 0 Å². The summed E-state index contributed by atoms with van der Waals surface area (Å²) < 4.78 is 0. The second-order valence-corrected chi connectivity index (χ2v) is 3.77. The third-order valence-corrected chi connectivity index (χ3v) is 2.43. The molecule has 0 heterocycles. The zero-order valence-corrected chi connectivity index (χ0v) is 7.16. The van der Waals surface area contributed by atoms with Gasteiger partial charge in [0.25, 0.3) is 0 Å². The molecule has 0 saturated heterocycles. The van der Waals surface area contributed by atoms with Crippen LogP contribution in [0.5, 0.6) is 0 Å². The summed E-state index contributed by atoms with van der Waals surface area (Å²) in [5.74, 6) is 0.935. The lowest BCUT2D eigenvalue weighted by Crippen LogP contribution is -2.12. The second kappa shape index (κ2) is 4.07. The van der Waals surface area contributed by atoms with Gasteiger partial charge in [-0.3, -0.25) is 0 Å². The first-order chi connectivity index (χ1) is 5.24. The van der Waals surface area contributed by atoms with Crippen LogP contribution in [0.15, 0.2) is 0 Å². The first-order valence-corrected chi connectivity index (χ1v) is 4.53. The van der Waals surface area contributed by atoms with E-state index in [1.54, 1.807) is 0 Å². The minimum atomic E-state index is -0.0935. The summed E-state index contributed by atoms with van der Waals surface area (Å²) in [5, 5.41) is 18.2. The number of hydrogen-bond donors (Lipinski definition) is 2. The Kier molecular flexibility index (Phi) is 3.34.